The summed E-state index contributed by atoms with van der Waals surface area (Å²) in [6, 6.07) is 9.63. The van der Waals surface area contributed by atoms with Gasteiger partial charge in [0, 0.05) is 11.3 Å². The van der Waals surface area contributed by atoms with Crippen molar-refractivity contribution < 1.29 is 9.21 Å². The van der Waals surface area contributed by atoms with E-state index in [0.29, 0.717) is 6.42 Å². The fourth-order valence-electron chi connectivity index (χ4n) is 1.81. The number of rotatable bonds is 1. The van der Waals surface area contributed by atoms with Crippen LogP contribution in [0.5, 0.6) is 0 Å². The van der Waals surface area contributed by atoms with Gasteiger partial charge in [0.05, 0.1) is 12.7 Å². The van der Waals surface area contributed by atoms with Crippen molar-refractivity contribution in [2.45, 2.75) is 6.42 Å². The monoisotopic (exact) mass is 199 g/mol. The SMILES string of the molecule is O=C1Cc2ccc(-c3ccco3)cc2N1. The number of benzene rings is 1. The average molecular weight is 199 g/mol. The first-order chi connectivity index (χ1) is 7.33. The maximum absolute atomic E-state index is 11.2. The fraction of sp³-hybridized carbons (Fsp3) is 0.0833. The molecule has 1 aromatic carbocycles. The average Bonchev–Trinajstić information content (AvgIpc) is 2.82. The van der Waals surface area contributed by atoms with Gasteiger partial charge in [-0.25, -0.2) is 0 Å². The standard InChI is InChI=1S/C12H9NO2/c14-12-7-8-3-4-9(6-10(8)13-12)11-2-1-5-15-11/h1-6H,7H2,(H,13,14). The highest BCUT2D eigenvalue weighted by Crippen LogP contribution is 2.29. The van der Waals surface area contributed by atoms with Crippen molar-refractivity contribution in [3.63, 3.8) is 0 Å². The third-order valence-electron chi connectivity index (χ3n) is 2.54. The molecule has 0 saturated heterocycles. The first-order valence-corrected chi connectivity index (χ1v) is 4.79. The van der Waals surface area contributed by atoms with Gasteiger partial charge in [0.15, 0.2) is 0 Å². The number of nitrogens with one attached hydrogen (secondary N) is 1. The molecule has 1 aliphatic rings. The minimum atomic E-state index is 0.0570. The molecule has 3 heteroatoms. The number of carbonyl (C=O) groups excluding carboxylic acids is 1. The molecule has 74 valence electrons. The van der Waals surface area contributed by atoms with E-state index >= 15 is 0 Å². The predicted molar refractivity (Wildman–Crippen MR) is 56.5 cm³/mol. The third-order valence-corrected chi connectivity index (χ3v) is 2.54. The zero-order valence-electron chi connectivity index (χ0n) is 7.99. The van der Waals surface area contributed by atoms with E-state index in [1.807, 2.05) is 30.3 Å². The van der Waals surface area contributed by atoms with E-state index in [9.17, 15) is 4.79 Å². The molecular weight excluding hydrogens is 190 g/mol. The molecule has 2 aromatic rings. The Balaban J connectivity index is 2.07. The third kappa shape index (κ3) is 1.32. The molecule has 0 radical (unpaired) electrons. The van der Waals surface area contributed by atoms with E-state index < -0.39 is 0 Å². The summed E-state index contributed by atoms with van der Waals surface area (Å²) in [5.41, 5.74) is 2.94. The minimum absolute atomic E-state index is 0.0570. The van der Waals surface area contributed by atoms with Crippen molar-refractivity contribution >= 4 is 11.6 Å². The molecule has 1 aromatic heterocycles. The molecule has 1 aliphatic heterocycles. The second kappa shape index (κ2) is 2.98. The van der Waals surface area contributed by atoms with Crippen molar-refractivity contribution in [2.24, 2.45) is 0 Å². The molecule has 1 N–H and O–H groups in total. The van der Waals surface area contributed by atoms with Crippen LogP contribution in [0, 0.1) is 0 Å². The molecule has 0 aliphatic carbocycles. The topological polar surface area (TPSA) is 42.2 Å². The number of anilines is 1. The molecule has 0 bridgehead atoms. The molecule has 0 fully saturated rings. The van der Waals surface area contributed by atoms with Gasteiger partial charge in [-0.05, 0) is 23.8 Å². The summed E-state index contributed by atoms with van der Waals surface area (Å²) in [6.07, 6.45) is 2.12. The highest BCUT2D eigenvalue weighted by Gasteiger charge is 2.17. The van der Waals surface area contributed by atoms with Crippen LogP contribution in [0.4, 0.5) is 5.69 Å². The Morgan fingerprint density at radius 2 is 2.20 bits per heavy atom. The molecule has 3 rings (SSSR count). The number of carbonyl (C=O) groups is 1. The maximum atomic E-state index is 11.2. The van der Waals surface area contributed by atoms with Crippen LogP contribution in [0.25, 0.3) is 11.3 Å². The zero-order valence-corrected chi connectivity index (χ0v) is 7.99. The normalized spacial score (nSPS) is 13.7. The van der Waals surface area contributed by atoms with E-state index in [-0.39, 0.29) is 5.91 Å². The quantitative estimate of drug-likeness (QED) is 0.766. The lowest BCUT2D eigenvalue weighted by atomic mass is 10.1. The molecule has 1 amide bonds. The van der Waals surface area contributed by atoms with E-state index in [2.05, 4.69) is 5.32 Å². The van der Waals surface area contributed by atoms with Gasteiger partial charge in [-0.15, -0.1) is 0 Å². The lowest BCUT2D eigenvalue weighted by Crippen LogP contribution is -2.03. The molecule has 0 saturated carbocycles. The van der Waals surface area contributed by atoms with Gasteiger partial charge in [0.25, 0.3) is 0 Å². The van der Waals surface area contributed by atoms with Crippen molar-refractivity contribution in [3.8, 4) is 11.3 Å². The largest absolute Gasteiger partial charge is 0.464 e. The van der Waals surface area contributed by atoms with Crippen molar-refractivity contribution in [1.29, 1.82) is 0 Å². The van der Waals surface area contributed by atoms with E-state index in [0.717, 1.165) is 22.6 Å². The first-order valence-electron chi connectivity index (χ1n) is 4.79. The van der Waals surface area contributed by atoms with E-state index in [1.54, 1.807) is 6.26 Å². The summed E-state index contributed by atoms with van der Waals surface area (Å²) < 4.78 is 5.29. The predicted octanol–water partition coefficient (Wildman–Crippen LogP) is 2.44. The Morgan fingerprint density at radius 3 is 3.00 bits per heavy atom. The summed E-state index contributed by atoms with van der Waals surface area (Å²) in [6.45, 7) is 0. The van der Waals surface area contributed by atoms with Gasteiger partial charge < -0.3 is 9.73 Å². The van der Waals surface area contributed by atoms with Crippen LogP contribution in [0.15, 0.2) is 41.0 Å². The zero-order chi connectivity index (χ0) is 10.3. The molecule has 0 atom stereocenters. The highest BCUT2D eigenvalue weighted by molar-refractivity contribution is 5.99. The van der Waals surface area contributed by atoms with E-state index in [1.165, 1.54) is 0 Å². The summed E-state index contributed by atoms with van der Waals surface area (Å²) in [4.78, 5) is 11.2. The Hall–Kier alpha value is -2.03. The number of fused-ring (bicyclic) bond motifs is 1. The van der Waals surface area contributed by atoms with Gasteiger partial charge in [-0.2, -0.15) is 0 Å². The van der Waals surface area contributed by atoms with Crippen LogP contribution >= 0.6 is 0 Å². The van der Waals surface area contributed by atoms with Crippen LogP contribution in [0.3, 0.4) is 0 Å². The van der Waals surface area contributed by atoms with Gasteiger partial charge in [-0.1, -0.05) is 12.1 Å². The van der Waals surface area contributed by atoms with Gasteiger partial charge in [-0.3, -0.25) is 4.79 Å². The smallest absolute Gasteiger partial charge is 0.228 e. The molecule has 3 nitrogen and oxygen atoms in total. The number of hydrogen-bond donors (Lipinski definition) is 1. The Kier molecular flexibility index (Phi) is 1.65. The van der Waals surface area contributed by atoms with Crippen molar-refractivity contribution in [1.82, 2.24) is 0 Å². The van der Waals surface area contributed by atoms with Crippen molar-refractivity contribution in [3.05, 3.63) is 42.2 Å². The minimum Gasteiger partial charge on any atom is -0.464 e. The Labute approximate surface area is 86.7 Å². The summed E-state index contributed by atoms with van der Waals surface area (Å²) >= 11 is 0. The van der Waals surface area contributed by atoms with Gasteiger partial charge in [0.2, 0.25) is 5.91 Å². The second-order valence-electron chi connectivity index (χ2n) is 3.57. The molecule has 0 unspecified atom stereocenters. The summed E-state index contributed by atoms with van der Waals surface area (Å²) in [5.74, 6) is 0.876. The van der Waals surface area contributed by atoms with Crippen LogP contribution in [0.1, 0.15) is 5.56 Å². The van der Waals surface area contributed by atoms with Crippen LogP contribution in [0.2, 0.25) is 0 Å². The van der Waals surface area contributed by atoms with E-state index in [4.69, 9.17) is 4.42 Å². The fourth-order valence-corrected chi connectivity index (χ4v) is 1.81. The summed E-state index contributed by atoms with van der Waals surface area (Å²) in [5, 5.41) is 2.82. The van der Waals surface area contributed by atoms with Crippen LogP contribution in [-0.2, 0) is 11.2 Å². The Bertz CT molecular complexity index is 514. The van der Waals surface area contributed by atoms with Crippen LogP contribution in [-0.4, -0.2) is 5.91 Å². The highest BCUT2D eigenvalue weighted by atomic mass is 16.3. The van der Waals surface area contributed by atoms with Gasteiger partial charge in [0.1, 0.15) is 5.76 Å². The molecule has 0 spiro atoms. The number of hydrogen-bond acceptors (Lipinski definition) is 2. The second-order valence-corrected chi connectivity index (χ2v) is 3.57. The molecular formula is C12H9NO2. The molecule has 2 heterocycles. The van der Waals surface area contributed by atoms with Gasteiger partial charge >= 0.3 is 0 Å². The lowest BCUT2D eigenvalue weighted by molar-refractivity contribution is -0.115. The maximum Gasteiger partial charge on any atom is 0.228 e. The summed E-state index contributed by atoms with van der Waals surface area (Å²) in [7, 11) is 0. The number of amides is 1. The molecule has 15 heavy (non-hydrogen) atoms. The first kappa shape index (κ1) is 8.29. The number of furan rings is 1. The van der Waals surface area contributed by atoms with Crippen LogP contribution < -0.4 is 5.32 Å². The Morgan fingerprint density at radius 1 is 1.27 bits per heavy atom. The lowest BCUT2D eigenvalue weighted by Gasteiger charge is -2.01. The van der Waals surface area contributed by atoms with Crippen molar-refractivity contribution in [2.75, 3.05) is 5.32 Å².